The normalized spacial score (nSPS) is 27.3. The molecule has 1 aliphatic rings. The van der Waals surface area contributed by atoms with E-state index in [4.69, 9.17) is 10.8 Å². The van der Waals surface area contributed by atoms with E-state index >= 15 is 0 Å². The van der Waals surface area contributed by atoms with Crippen LogP contribution >= 0.6 is 27.7 Å². The maximum Gasteiger partial charge on any atom is 0.321 e. The van der Waals surface area contributed by atoms with Gasteiger partial charge in [-0.05, 0) is 6.08 Å². The summed E-state index contributed by atoms with van der Waals surface area (Å²) in [5.74, 6) is -0.735. The lowest BCUT2D eigenvalue weighted by Gasteiger charge is -2.20. The lowest BCUT2D eigenvalue weighted by Crippen LogP contribution is -2.34. The fourth-order valence-corrected chi connectivity index (χ4v) is 2.52. The summed E-state index contributed by atoms with van der Waals surface area (Å²) >= 11 is 4.58. The Labute approximate surface area is 100 Å². The molecule has 0 aromatic carbocycles. The van der Waals surface area contributed by atoms with E-state index in [1.54, 1.807) is 6.08 Å². The third kappa shape index (κ3) is 3.98. The van der Waals surface area contributed by atoms with Crippen molar-refractivity contribution in [3.63, 3.8) is 0 Å². The van der Waals surface area contributed by atoms with Crippen molar-refractivity contribution in [1.29, 1.82) is 0 Å². The van der Waals surface area contributed by atoms with E-state index in [0.29, 0.717) is 0 Å². The van der Waals surface area contributed by atoms with Crippen molar-refractivity contribution < 1.29 is 15.0 Å². The van der Waals surface area contributed by atoms with Crippen LogP contribution < -0.4 is 5.73 Å². The Morgan fingerprint density at radius 1 is 1.73 bits per heavy atom. The number of carboxylic acid groups (broad SMARTS) is 1. The Hall–Kier alpha value is -0.300. The van der Waals surface area contributed by atoms with Crippen LogP contribution in [0.2, 0.25) is 0 Å². The van der Waals surface area contributed by atoms with E-state index in [1.807, 2.05) is 12.2 Å². The SMILES string of the molecule is N[C@@H](CSC1C=CC(Br)=CC1O)C(=O)O. The van der Waals surface area contributed by atoms with Crippen LogP contribution in [0.25, 0.3) is 0 Å². The molecule has 4 nitrogen and oxygen atoms in total. The molecule has 0 aliphatic heterocycles. The van der Waals surface area contributed by atoms with Gasteiger partial charge in [-0.1, -0.05) is 28.1 Å². The van der Waals surface area contributed by atoms with Crippen LogP contribution in [0.4, 0.5) is 0 Å². The smallest absolute Gasteiger partial charge is 0.321 e. The highest BCUT2D eigenvalue weighted by atomic mass is 79.9. The summed E-state index contributed by atoms with van der Waals surface area (Å²) < 4.78 is 0.828. The molecule has 0 aromatic heterocycles. The Balaban J connectivity index is 2.41. The third-order valence-electron chi connectivity index (χ3n) is 1.90. The number of aliphatic carboxylic acids is 1. The number of carbonyl (C=O) groups is 1. The zero-order chi connectivity index (χ0) is 11.4. The zero-order valence-electron chi connectivity index (χ0n) is 7.84. The molecule has 0 saturated heterocycles. The largest absolute Gasteiger partial charge is 0.480 e. The van der Waals surface area contributed by atoms with E-state index in [-0.39, 0.29) is 11.0 Å². The van der Waals surface area contributed by atoms with Crippen LogP contribution in [-0.2, 0) is 4.79 Å². The van der Waals surface area contributed by atoms with Gasteiger partial charge in [0.2, 0.25) is 0 Å². The van der Waals surface area contributed by atoms with Crippen molar-refractivity contribution in [3.8, 4) is 0 Å². The molecule has 84 valence electrons. The first kappa shape index (κ1) is 12.8. The van der Waals surface area contributed by atoms with Crippen LogP contribution in [0.3, 0.4) is 0 Å². The standard InChI is InChI=1S/C9H12BrNO3S/c10-5-1-2-8(7(12)3-5)15-4-6(11)9(13)14/h1-3,6-8,12H,4,11H2,(H,13,14)/t6-,7?,8?/m0/s1. The van der Waals surface area contributed by atoms with E-state index in [2.05, 4.69) is 15.9 Å². The second kappa shape index (κ2) is 5.69. The Morgan fingerprint density at radius 2 is 2.40 bits per heavy atom. The first-order chi connectivity index (χ1) is 7.00. The van der Waals surface area contributed by atoms with Gasteiger partial charge in [0.25, 0.3) is 0 Å². The molecular formula is C9H12BrNO3S. The minimum atomic E-state index is -1.02. The van der Waals surface area contributed by atoms with Gasteiger partial charge < -0.3 is 15.9 Å². The molecule has 0 amide bonds. The summed E-state index contributed by atoms with van der Waals surface area (Å²) in [6.07, 6.45) is 4.73. The van der Waals surface area contributed by atoms with Gasteiger partial charge in [0, 0.05) is 10.2 Å². The van der Waals surface area contributed by atoms with Crippen molar-refractivity contribution in [3.05, 3.63) is 22.7 Å². The lowest BCUT2D eigenvalue weighted by molar-refractivity contribution is -0.137. The molecule has 15 heavy (non-hydrogen) atoms. The predicted molar refractivity (Wildman–Crippen MR) is 64.0 cm³/mol. The van der Waals surface area contributed by atoms with Crippen molar-refractivity contribution in [2.24, 2.45) is 5.73 Å². The maximum absolute atomic E-state index is 10.5. The van der Waals surface area contributed by atoms with E-state index < -0.39 is 18.1 Å². The number of allylic oxidation sites excluding steroid dienone is 2. The average molecular weight is 294 g/mol. The Kier molecular flexibility index (Phi) is 4.85. The molecule has 1 aliphatic carbocycles. The molecular weight excluding hydrogens is 282 g/mol. The second-order valence-electron chi connectivity index (χ2n) is 3.14. The number of thioether (sulfide) groups is 1. The van der Waals surface area contributed by atoms with Crippen LogP contribution in [0.5, 0.6) is 0 Å². The van der Waals surface area contributed by atoms with Gasteiger partial charge in [-0.25, -0.2) is 0 Å². The molecule has 6 heteroatoms. The van der Waals surface area contributed by atoms with E-state index in [0.717, 1.165) is 4.48 Å². The van der Waals surface area contributed by atoms with Gasteiger partial charge in [0.1, 0.15) is 6.04 Å². The summed E-state index contributed by atoms with van der Waals surface area (Å²) in [5.41, 5.74) is 5.36. The first-order valence-corrected chi connectivity index (χ1v) is 6.18. The second-order valence-corrected chi connectivity index (χ2v) is 5.27. The monoisotopic (exact) mass is 293 g/mol. The summed E-state index contributed by atoms with van der Waals surface area (Å²) in [6, 6.07) is -0.884. The van der Waals surface area contributed by atoms with Gasteiger partial charge in [-0.2, -0.15) is 0 Å². The van der Waals surface area contributed by atoms with Gasteiger partial charge >= 0.3 is 5.97 Å². The highest BCUT2D eigenvalue weighted by Gasteiger charge is 2.21. The zero-order valence-corrected chi connectivity index (χ0v) is 10.2. The molecule has 0 heterocycles. The van der Waals surface area contributed by atoms with Crippen LogP contribution in [0.1, 0.15) is 0 Å². The average Bonchev–Trinajstić information content (AvgIpc) is 2.15. The molecule has 0 spiro atoms. The van der Waals surface area contributed by atoms with Gasteiger partial charge in [-0.15, -0.1) is 11.8 Å². The number of rotatable bonds is 4. The fourth-order valence-electron chi connectivity index (χ4n) is 1.05. The molecule has 0 fully saturated rings. The van der Waals surface area contributed by atoms with Crippen LogP contribution in [0.15, 0.2) is 22.7 Å². The molecule has 2 unspecified atom stereocenters. The number of aliphatic hydroxyl groups is 1. The summed E-state index contributed by atoms with van der Waals surface area (Å²) in [6.45, 7) is 0. The molecule has 0 bridgehead atoms. The Morgan fingerprint density at radius 3 is 2.93 bits per heavy atom. The lowest BCUT2D eigenvalue weighted by atomic mass is 10.1. The van der Waals surface area contributed by atoms with E-state index in [1.165, 1.54) is 11.8 Å². The Bertz CT molecular complexity index is 306. The molecule has 4 N–H and O–H groups in total. The number of halogens is 1. The molecule has 0 saturated carbocycles. The fraction of sp³-hybridized carbons (Fsp3) is 0.444. The number of hydrogen-bond acceptors (Lipinski definition) is 4. The number of hydrogen-bond donors (Lipinski definition) is 3. The number of aliphatic hydroxyl groups excluding tert-OH is 1. The maximum atomic E-state index is 10.5. The van der Waals surface area contributed by atoms with Crippen molar-refractivity contribution in [1.82, 2.24) is 0 Å². The number of nitrogens with two attached hydrogens (primary N) is 1. The molecule has 0 radical (unpaired) electrons. The van der Waals surface area contributed by atoms with Crippen molar-refractivity contribution >= 4 is 33.7 Å². The van der Waals surface area contributed by atoms with E-state index in [9.17, 15) is 9.90 Å². The summed E-state index contributed by atoms with van der Waals surface area (Å²) in [4.78, 5) is 10.5. The quantitative estimate of drug-likeness (QED) is 0.711. The highest BCUT2D eigenvalue weighted by molar-refractivity contribution is 9.11. The van der Waals surface area contributed by atoms with Gasteiger partial charge in [0.15, 0.2) is 0 Å². The predicted octanol–water partition coefficient (Wildman–Crippen LogP) is 0.710. The number of carboxylic acids is 1. The van der Waals surface area contributed by atoms with Gasteiger partial charge in [-0.3, -0.25) is 4.79 Å². The first-order valence-electron chi connectivity index (χ1n) is 4.34. The third-order valence-corrected chi connectivity index (χ3v) is 3.80. The summed E-state index contributed by atoms with van der Waals surface area (Å²) in [7, 11) is 0. The van der Waals surface area contributed by atoms with Crippen molar-refractivity contribution in [2.45, 2.75) is 17.4 Å². The van der Waals surface area contributed by atoms with Crippen molar-refractivity contribution in [2.75, 3.05) is 5.75 Å². The van der Waals surface area contributed by atoms with Crippen LogP contribution in [0, 0.1) is 0 Å². The molecule has 0 aromatic rings. The van der Waals surface area contributed by atoms with Crippen LogP contribution in [-0.4, -0.2) is 39.3 Å². The summed E-state index contributed by atoms with van der Waals surface area (Å²) in [5, 5.41) is 18.1. The highest BCUT2D eigenvalue weighted by Crippen LogP contribution is 2.25. The minimum absolute atomic E-state index is 0.128. The molecule has 1 rings (SSSR count). The topological polar surface area (TPSA) is 83.5 Å². The molecule has 3 atom stereocenters. The van der Waals surface area contributed by atoms with Gasteiger partial charge in [0.05, 0.1) is 11.4 Å². The minimum Gasteiger partial charge on any atom is -0.480 e.